The minimum atomic E-state index is -0.584. The second-order valence-electron chi connectivity index (χ2n) is 6.90. The predicted molar refractivity (Wildman–Crippen MR) is 119 cm³/mol. The monoisotopic (exact) mass is 434 g/mol. The van der Waals surface area contributed by atoms with E-state index >= 15 is 0 Å². The fraction of sp³-hybridized carbons (Fsp3) is 0.0435. The van der Waals surface area contributed by atoms with E-state index in [1.165, 1.54) is 12.1 Å². The number of nitro benzene ring substituents is 1. The lowest BCUT2D eigenvalue weighted by Gasteiger charge is -2.10. The molecule has 1 aromatic heterocycles. The van der Waals surface area contributed by atoms with E-state index in [4.69, 9.17) is 16.0 Å². The van der Waals surface area contributed by atoms with Crippen molar-refractivity contribution in [3.05, 3.63) is 103 Å². The molecule has 1 amide bonds. The molecule has 1 N–H and O–H groups in total. The van der Waals surface area contributed by atoms with Crippen LogP contribution < -0.4 is 10.9 Å². The number of nitrogens with one attached hydrogen (secondary N) is 1. The van der Waals surface area contributed by atoms with E-state index < -0.39 is 16.5 Å². The molecule has 4 aromatic rings. The fourth-order valence-electron chi connectivity index (χ4n) is 3.23. The van der Waals surface area contributed by atoms with Crippen LogP contribution in [0.15, 0.2) is 75.9 Å². The van der Waals surface area contributed by atoms with Gasteiger partial charge in [0.15, 0.2) is 0 Å². The summed E-state index contributed by atoms with van der Waals surface area (Å²) in [6.07, 6.45) is 0. The number of hydrogen-bond acceptors (Lipinski definition) is 5. The first-order chi connectivity index (χ1) is 14.8. The van der Waals surface area contributed by atoms with Crippen molar-refractivity contribution in [2.45, 2.75) is 6.92 Å². The van der Waals surface area contributed by atoms with Crippen LogP contribution >= 0.6 is 11.6 Å². The lowest BCUT2D eigenvalue weighted by molar-refractivity contribution is -0.384. The van der Waals surface area contributed by atoms with Gasteiger partial charge in [-0.25, -0.2) is 4.79 Å². The number of benzene rings is 3. The van der Waals surface area contributed by atoms with Gasteiger partial charge in [-0.3, -0.25) is 14.9 Å². The van der Waals surface area contributed by atoms with Crippen LogP contribution in [0.5, 0.6) is 0 Å². The molecule has 0 saturated heterocycles. The fourth-order valence-corrected chi connectivity index (χ4v) is 3.46. The van der Waals surface area contributed by atoms with Gasteiger partial charge in [0.25, 0.3) is 11.6 Å². The van der Waals surface area contributed by atoms with Gasteiger partial charge in [-0.15, -0.1) is 0 Å². The Balaban J connectivity index is 1.67. The van der Waals surface area contributed by atoms with Crippen LogP contribution in [0.3, 0.4) is 0 Å². The van der Waals surface area contributed by atoms with Gasteiger partial charge in [-0.1, -0.05) is 41.9 Å². The summed E-state index contributed by atoms with van der Waals surface area (Å²) in [5, 5.41) is 14.4. The van der Waals surface area contributed by atoms with Crippen LogP contribution in [-0.2, 0) is 0 Å². The van der Waals surface area contributed by atoms with Crippen LogP contribution in [-0.4, -0.2) is 10.8 Å². The largest absolute Gasteiger partial charge is 0.422 e. The number of carbonyl (C=O) groups excluding carboxylic acids is 1. The van der Waals surface area contributed by atoms with Gasteiger partial charge < -0.3 is 9.73 Å². The van der Waals surface area contributed by atoms with E-state index in [-0.39, 0.29) is 10.7 Å². The van der Waals surface area contributed by atoms with E-state index in [9.17, 15) is 19.7 Å². The number of nitrogens with zero attached hydrogens (tertiary/aromatic N) is 1. The van der Waals surface area contributed by atoms with E-state index in [2.05, 4.69) is 5.32 Å². The van der Waals surface area contributed by atoms with Crippen molar-refractivity contribution in [2.75, 3.05) is 5.32 Å². The lowest BCUT2D eigenvalue weighted by Crippen LogP contribution is -2.13. The molecule has 154 valence electrons. The number of hydrogen-bond donors (Lipinski definition) is 1. The smallest absolute Gasteiger partial charge is 0.344 e. The third-order valence-corrected chi connectivity index (χ3v) is 5.12. The molecule has 0 radical (unpaired) electrons. The van der Waals surface area contributed by atoms with Gasteiger partial charge in [0.2, 0.25) is 0 Å². The molecule has 31 heavy (non-hydrogen) atoms. The van der Waals surface area contributed by atoms with E-state index in [1.807, 2.05) is 12.1 Å². The molecule has 8 heteroatoms. The first kappa shape index (κ1) is 20.3. The molecule has 0 aliphatic carbocycles. The van der Waals surface area contributed by atoms with Gasteiger partial charge in [0.1, 0.15) is 10.6 Å². The van der Waals surface area contributed by atoms with Crippen molar-refractivity contribution in [3.8, 4) is 11.1 Å². The molecule has 3 aromatic carbocycles. The Morgan fingerprint density at radius 3 is 2.61 bits per heavy atom. The van der Waals surface area contributed by atoms with Crippen LogP contribution in [0, 0.1) is 17.0 Å². The van der Waals surface area contributed by atoms with Crippen molar-refractivity contribution in [2.24, 2.45) is 0 Å². The molecule has 7 nitrogen and oxygen atoms in total. The van der Waals surface area contributed by atoms with Crippen molar-refractivity contribution in [1.82, 2.24) is 0 Å². The molecule has 4 rings (SSSR count). The van der Waals surface area contributed by atoms with Crippen LogP contribution in [0.25, 0.3) is 22.1 Å². The first-order valence-corrected chi connectivity index (χ1v) is 9.60. The maximum absolute atomic E-state index is 12.8. The van der Waals surface area contributed by atoms with Crippen molar-refractivity contribution in [3.63, 3.8) is 0 Å². The van der Waals surface area contributed by atoms with Crippen LogP contribution in [0.2, 0.25) is 5.02 Å². The van der Waals surface area contributed by atoms with E-state index in [1.54, 1.807) is 49.4 Å². The number of fused-ring (bicyclic) bond motifs is 1. The Kier molecular flexibility index (Phi) is 5.27. The van der Waals surface area contributed by atoms with Crippen molar-refractivity contribution >= 4 is 39.9 Å². The van der Waals surface area contributed by atoms with Gasteiger partial charge >= 0.3 is 5.63 Å². The summed E-state index contributed by atoms with van der Waals surface area (Å²) in [5.74, 6) is -0.444. The third kappa shape index (κ3) is 4.04. The quantitative estimate of drug-likeness (QED) is 0.256. The number of amides is 1. The molecule has 0 aliphatic rings. The Morgan fingerprint density at radius 2 is 1.84 bits per heavy atom. The van der Waals surface area contributed by atoms with Crippen molar-refractivity contribution < 1.29 is 14.1 Å². The van der Waals surface area contributed by atoms with Crippen LogP contribution in [0.4, 0.5) is 11.4 Å². The minimum absolute atomic E-state index is 0.0755. The highest BCUT2D eigenvalue weighted by Crippen LogP contribution is 2.31. The summed E-state index contributed by atoms with van der Waals surface area (Å²) in [6, 6.07) is 18.1. The molecule has 0 unspecified atom stereocenters. The summed E-state index contributed by atoms with van der Waals surface area (Å²) in [6.45, 7) is 1.63. The maximum atomic E-state index is 12.8. The minimum Gasteiger partial charge on any atom is -0.422 e. The number of aryl methyl sites for hydroxylation is 1. The second-order valence-corrected chi connectivity index (χ2v) is 7.30. The number of halogens is 1. The average Bonchev–Trinajstić information content (AvgIpc) is 2.75. The number of anilines is 1. The number of nitro groups is 1. The number of carbonyl (C=O) groups is 1. The predicted octanol–water partition coefficient (Wildman–Crippen LogP) is 5.58. The van der Waals surface area contributed by atoms with Crippen LogP contribution in [0.1, 0.15) is 15.9 Å². The molecular formula is C23H15ClN2O5. The standard InChI is InChI=1S/C23H15ClN2O5/c1-13-9-20(26(29)30)18(24)12-19(13)25-22(27)16-7-4-6-14(10-16)17-11-15-5-2-3-8-21(15)31-23(17)28/h2-12H,1H3,(H,25,27). The zero-order chi connectivity index (χ0) is 22.1. The normalized spacial score (nSPS) is 10.8. The Bertz CT molecular complexity index is 1410. The first-order valence-electron chi connectivity index (χ1n) is 9.23. The SMILES string of the molecule is Cc1cc([N+](=O)[O-])c(Cl)cc1NC(=O)c1cccc(-c2cc3ccccc3oc2=O)c1. The summed E-state index contributed by atoms with van der Waals surface area (Å²) in [5.41, 5.74) is 1.77. The summed E-state index contributed by atoms with van der Waals surface area (Å²) in [7, 11) is 0. The third-order valence-electron chi connectivity index (χ3n) is 4.82. The second kappa shape index (κ2) is 8.04. The zero-order valence-corrected chi connectivity index (χ0v) is 17.0. The molecule has 1 heterocycles. The van der Waals surface area contributed by atoms with Gasteiger partial charge in [-0.05, 0) is 48.4 Å². The molecule has 0 fully saturated rings. The van der Waals surface area contributed by atoms with Gasteiger partial charge in [0.05, 0.1) is 10.5 Å². The maximum Gasteiger partial charge on any atom is 0.344 e. The summed E-state index contributed by atoms with van der Waals surface area (Å²) < 4.78 is 5.38. The molecule has 0 spiro atoms. The Morgan fingerprint density at radius 1 is 1.06 bits per heavy atom. The average molecular weight is 435 g/mol. The number of rotatable bonds is 4. The van der Waals surface area contributed by atoms with Crippen molar-refractivity contribution in [1.29, 1.82) is 0 Å². The number of para-hydroxylation sites is 1. The molecule has 0 bridgehead atoms. The summed E-state index contributed by atoms with van der Waals surface area (Å²) >= 11 is 5.96. The highest BCUT2D eigenvalue weighted by atomic mass is 35.5. The Labute approximate surface area is 181 Å². The highest BCUT2D eigenvalue weighted by Gasteiger charge is 2.17. The highest BCUT2D eigenvalue weighted by molar-refractivity contribution is 6.33. The zero-order valence-electron chi connectivity index (χ0n) is 16.2. The van der Waals surface area contributed by atoms with E-state index in [0.29, 0.717) is 33.5 Å². The van der Waals surface area contributed by atoms with Gasteiger partial charge in [-0.2, -0.15) is 0 Å². The van der Waals surface area contributed by atoms with E-state index in [0.717, 1.165) is 5.39 Å². The molecule has 0 saturated carbocycles. The van der Waals surface area contributed by atoms with Gasteiger partial charge in [0, 0.05) is 22.7 Å². The molecule has 0 aliphatic heterocycles. The molecular weight excluding hydrogens is 420 g/mol. The Hall–Kier alpha value is -3.97. The topological polar surface area (TPSA) is 102 Å². The molecule has 0 atom stereocenters. The summed E-state index contributed by atoms with van der Waals surface area (Å²) in [4.78, 5) is 35.7. The lowest BCUT2D eigenvalue weighted by atomic mass is 10.0.